The molecule has 0 fully saturated rings. The summed E-state index contributed by atoms with van der Waals surface area (Å²) in [5.74, 6) is -0.539. The molecule has 3 N–H and O–H groups in total. The average Bonchev–Trinajstić information content (AvgIpc) is 2.92. The lowest BCUT2D eigenvalue weighted by Gasteiger charge is -2.32. The highest BCUT2D eigenvalue weighted by atomic mass is 16.5. The van der Waals surface area contributed by atoms with E-state index in [0.29, 0.717) is 17.9 Å². The molecule has 0 bridgehead atoms. The molecule has 0 radical (unpaired) electrons. The molecule has 3 unspecified atom stereocenters. The van der Waals surface area contributed by atoms with Gasteiger partial charge in [-0.05, 0) is 25.0 Å². The number of hydrogen-bond donors (Lipinski definition) is 3. The van der Waals surface area contributed by atoms with Crippen LogP contribution in [0, 0.1) is 0 Å². The molecule has 0 aromatic heterocycles. The van der Waals surface area contributed by atoms with Gasteiger partial charge >= 0.3 is 0 Å². The van der Waals surface area contributed by atoms with Gasteiger partial charge in [0.2, 0.25) is 0 Å². The molecule has 6 heteroatoms. The maximum Gasteiger partial charge on any atom is 0.156 e. The van der Waals surface area contributed by atoms with Gasteiger partial charge in [0.25, 0.3) is 0 Å². The van der Waals surface area contributed by atoms with Crippen molar-refractivity contribution in [2.24, 2.45) is 0 Å². The summed E-state index contributed by atoms with van der Waals surface area (Å²) in [5.41, 5.74) is 2.79. The van der Waals surface area contributed by atoms with Crippen LogP contribution in [0.3, 0.4) is 0 Å². The number of aliphatic hydroxyl groups excluding tert-OH is 1. The first kappa shape index (κ1) is 17.0. The first-order valence-corrected chi connectivity index (χ1v) is 8.12. The predicted octanol–water partition coefficient (Wildman–Crippen LogP) is -1.37. The van der Waals surface area contributed by atoms with Gasteiger partial charge in [-0.1, -0.05) is 12.1 Å². The molecule has 0 spiro atoms. The monoisotopic (exact) mass is 333 g/mol. The van der Waals surface area contributed by atoms with E-state index in [9.17, 15) is 20.1 Å². The number of ether oxygens (including phenoxy) is 1. The number of nitrogens with one attached hydrogen (secondary N) is 1. The zero-order valence-corrected chi connectivity index (χ0v) is 14.1. The second-order valence-corrected chi connectivity index (χ2v) is 7.17. The zero-order chi connectivity index (χ0) is 17.6. The van der Waals surface area contributed by atoms with Crippen molar-refractivity contribution in [1.82, 2.24) is 0 Å². The largest absolute Gasteiger partial charge is 0.544 e. The highest BCUT2D eigenvalue weighted by Gasteiger charge is 2.38. The minimum atomic E-state index is -1.27. The van der Waals surface area contributed by atoms with Crippen LogP contribution in [0.25, 0.3) is 6.08 Å². The summed E-state index contributed by atoms with van der Waals surface area (Å²) in [6.45, 7) is 5.20. The Kier molecular flexibility index (Phi) is 4.15. The molecule has 130 valence electrons. The van der Waals surface area contributed by atoms with E-state index in [1.54, 1.807) is 13.8 Å². The van der Waals surface area contributed by atoms with Crippen LogP contribution >= 0.6 is 0 Å². The summed E-state index contributed by atoms with van der Waals surface area (Å²) in [4.78, 5) is 12.0. The van der Waals surface area contributed by atoms with Crippen molar-refractivity contribution in [2.45, 2.75) is 51.5 Å². The van der Waals surface area contributed by atoms with Crippen molar-refractivity contribution >= 4 is 12.0 Å². The summed E-state index contributed by atoms with van der Waals surface area (Å²) in [6.07, 6.45) is 2.21. The molecule has 2 heterocycles. The minimum absolute atomic E-state index is 0.329. The van der Waals surface area contributed by atoms with E-state index < -0.39 is 24.2 Å². The first-order chi connectivity index (χ1) is 11.2. The van der Waals surface area contributed by atoms with E-state index in [1.807, 2.05) is 25.1 Å². The molecule has 0 saturated heterocycles. The van der Waals surface area contributed by atoms with Gasteiger partial charge in [0.1, 0.15) is 36.7 Å². The summed E-state index contributed by atoms with van der Waals surface area (Å²) >= 11 is 0. The lowest BCUT2D eigenvalue weighted by Crippen LogP contribution is -3.15. The van der Waals surface area contributed by atoms with Crippen LogP contribution in [-0.4, -0.2) is 40.5 Å². The lowest BCUT2D eigenvalue weighted by molar-refractivity contribution is -0.895. The third-order valence-corrected chi connectivity index (χ3v) is 4.97. The fourth-order valence-corrected chi connectivity index (χ4v) is 3.48. The molecule has 6 nitrogen and oxygen atoms in total. The Hall–Kier alpha value is -1.89. The molecule has 24 heavy (non-hydrogen) atoms. The van der Waals surface area contributed by atoms with Crippen molar-refractivity contribution in [3.8, 4) is 5.75 Å². The smallest absolute Gasteiger partial charge is 0.156 e. The van der Waals surface area contributed by atoms with Crippen LogP contribution in [0.4, 0.5) is 0 Å². The predicted molar refractivity (Wildman–Crippen MR) is 85.1 cm³/mol. The van der Waals surface area contributed by atoms with E-state index in [0.717, 1.165) is 28.1 Å². The fourth-order valence-electron chi connectivity index (χ4n) is 3.48. The third kappa shape index (κ3) is 2.81. The molecule has 3 rings (SSSR count). The number of carbonyl (C=O) groups excluding carboxylic acids is 1. The van der Waals surface area contributed by atoms with Crippen LogP contribution in [0.1, 0.15) is 37.5 Å². The van der Waals surface area contributed by atoms with Gasteiger partial charge in [0.15, 0.2) is 6.04 Å². The number of quaternary nitrogens is 1. The summed E-state index contributed by atoms with van der Waals surface area (Å²) in [5, 5.41) is 31.0. The molecule has 1 aromatic rings. The molecule has 0 aliphatic carbocycles. The first-order valence-electron chi connectivity index (χ1n) is 8.12. The van der Waals surface area contributed by atoms with Crippen molar-refractivity contribution in [2.75, 3.05) is 6.61 Å². The summed E-state index contributed by atoms with van der Waals surface area (Å²) in [7, 11) is 0. The standard InChI is InChI=1S/C18H23NO5/c1-10-6-11-4-5-12-7-15(18(2,3)23)24-16(12)13(11)8-19(10)14(9-20)17(21)22/h4-6,14-15,20,23H,7-9H2,1-3H3,(H,21,22). The number of aliphatic hydroxyl groups is 2. The maximum absolute atomic E-state index is 11.3. The highest BCUT2D eigenvalue weighted by Crippen LogP contribution is 2.38. The number of aliphatic carboxylic acids is 1. The second kappa shape index (κ2) is 5.88. The lowest BCUT2D eigenvalue weighted by atomic mass is 9.94. The van der Waals surface area contributed by atoms with Crippen molar-refractivity contribution in [1.29, 1.82) is 0 Å². The Morgan fingerprint density at radius 2 is 2.21 bits per heavy atom. The number of carboxylic acids is 1. The zero-order valence-electron chi connectivity index (χ0n) is 14.1. The quantitative estimate of drug-likeness (QED) is 0.632. The van der Waals surface area contributed by atoms with E-state index in [-0.39, 0.29) is 6.10 Å². The highest BCUT2D eigenvalue weighted by molar-refractivity contribution is 5.70. The Morgan fingerprint density at radius 3 is 2.79 bits per heavy atom. The third-order valence-electron chi connectivity index (χ3n) is 4.97. The van der Waals surface area contributed by atoms with Crippen LogP contribution in [-0.2, 0) is 17.8 Å². The molecule has 3 atom stereocenters. The molecule has 2 aliphatic heterocycles. The fraction of sp³-hybridized carbons (Fsp3) is 0.500. The second-order valence-electron chi connectivity index (χ2n) is 7.17. The van der Waals surface area contributed by atoms with Crippen LogP contribution in [0.15, 0.2) is 17.8 Å². The normalized spacial score (nSPS) is 23.8. The number of hydrogen-bond acceptors (Lipinski definition) is 5. The van der Waals surface area contributed by atoms with Gasteiger partial charge in [0.05, 0.1) is 11.2 Å². The average molecular weight is 333 g/mol. The van der Waals surface area contributed by atoms with Crippen LogP contribution < -0.4 is 14.7 Å². The Bertz CT molecular complexity index is 704. The number of benzene rings is 1. The number of fused-ring (bicyclic) bond motifs is 3. The van der Waals surface area contributed by atoms with E-state index in [2.05, 4.69) is 0 Å². The van der Waals surface area contributed by atoms with Gasteiger partial charge in [-0.25, -0.2) is 0 Å². The van der Waals surface area contributed by atoms with Gasteiger partial charge < -0.3 is 24.9 Å². The Morgan fingerprint density at radius 1 is 1.50 bits per heavy atom. The van der Waals surface area contributed by atoms with Gasteiger partial charge in [-0.15, -0.1) is 0 Å². The van der Waals surface area contributed by atoms with Crippen molar-refractivity contribution in [3.05, 3.63) is 34.5 Å². The number of carboxylic acid groups (broad SMARTS) is 1. The number of rotatable bonds is 4. The minimum Gasteiger partial charge on any atom is -0.544 e. The van der Waals surface area contributed by atoms with Gasteiger partial charge in [-0.2, -0.15) is 0 Å². The van der Waals surface area contributed by atoms with Crippen LogP contribution in [0.2, 0.25) is 0 Å². The number of carbonyl (C=O) groups is 1. The topological polar surface area (TPSA) is 94.3 Å². The molecule has 0 amide bonds. The SMILES string of the molecule is CC1=Cc2ccc3c(c2C[NH+]1C(CO)C(=O)[O-])OC(C(C)(C)O)C3. The molecule has 1 aromatic carbocycles. The molecular weight excluding hydrogens is 310 g/mol. The Balaban J connectivity index is 1.98. The molecule has 0 saturated carbocycles. The summed E-state index contributed by atoms with van der Waals surface area (Å²) in [6, 6.07) is 2.98. The van der Waals surface area contributed by atoms with Gasteiger partial charge in [-0.3, -0.25) is 4.90 Å². The van der Waals surface area contributed by atoms with Gasteiger partial charge in [0, 0.05) is 19.4 Å². The van der Waals surface area contributed by atoms with Crippen molar-refractivity contribution < 1.29 is 29.8 Å². The van der Waals surface area contributed by atoms with E-state index >= 15 is 0 Å². The Labute approximate surface area is 141 Å². The maximum atomic E-state index is 11.3. The molecule has 2 aliphatic rings. The molecular formula is C18H23NO5. The summed E-state index contributed by atoms with van der Waals surface area (Å²) < 4.78 is 6.01. The van der Waals surface area contributed by atoms with E-state index in [1.165, 1.54) is 0 Å². The van der Waals surface area contributed by atoms with E-state index in [4.69, 9.17) is 4.74 Å². The van der Waals surface area contributed by atoms with Crippen molar-refractivity contribution in [3.63, 3.8) is 0 Å². The number of allylic oxidation sites excluding steroid dienone is 1. The van der Waals surface area contributed by atoms with Crippen LogP contribution in [0.5, 0.6) is 5.75 Å².